The van der Waals surface area contributed by atoms with E-state index in [1.165, 1.54) is 12.1 Å². The van der Waals surface area contributed by atoms with E-state index in [2.05, 4.69) is 22.3 Å². The Morgan fingerprint density at radius 1 is 1.18 bits per heavy atom. The number of piperidine rings is 2. The molecule has 0 aliphatic carbocycles. The molecule has 2 heterocycles. The van der Waals surface area contributed by atoms with Gasteiger partial charge in [-0.3, -0.25) is 9.59 Å². The van der Waals surface area contributed by atoms with Gasteiger partial charge in [0.2, 0.25) is 5.91 Å². The van der Waals surface area contributed by atoms with Gasteiger partial charge in [-0.25, -0.2) is 0 Å². The fourth-order valence-electron chi connectivity index (χ4n) is 5.05. The number of ether oxygens (including phenoxy) is 1. The fraction of sp³-hybridized carbons (Fsp3) is 0.440. The number of amides is 2. The molecule has 4 rings (SSSR count). The first-order chi connectivity index (χ1) is 16.0. The summed E-state index contributed by atoms with van der Waals surface area (Å²) in [6.45, 7) is 4.91. The Morgan fingerprint density at radius 3 is 2.68 bits per heavy atom. The molecule has 2 aliphatic heterocycles. The van der Waals surface area contributed by atoms with Gasteiger partial charge in [0.1, 0.15) is 5.75 Å². The van der Waals surface area contributed by atoms with Crippen molar-refractivity contribution in [3.8, 4) is 5.75 Å². The number of likely N-dealkylation sites (N-methyl/N-ethyl adjacent to an activating group) is 1. The normalized spacial score (nSPS) is 25.0. The molecule has 4 unspecified atom stereocenters. The zero-order valence-electron chi connectivity index (χ0n) is 19.3. The molecular formula is C25H28F3N3O3. The SMILES string of the molecule is Cc1ccc(NC(=O)c2cccc(OC(F)(F)F)c2)cc1C1CC2CNC(C)CC2N(C)C1=O. The molecule has 6 nitrogen and oxygen atoms in total. The van der Waals surface area contributed by atoms with E-state index in [9.17, 15) is 22.8 Å². The van der Waals surface area contributed by atoms with Crippen LogP contribution in [0.3, 0.4) is 0 Å². The van der Waals surface area contributed by atoms with Crippen LogP contribution in [0.5, 0.6) is 5.75 Å². The molecule has 34 heavy (non-hydrogen) atoms. The van der Waals surface area contributed by atoms with Crippen molar-refractivity contribution in [3.63, 3.8) is 0 Å². The molecule has 2 fully saturated rings. The van der Waals surface area contributed by atoms with Crippen LogP contribution in [-0.2, 0) is 4.79 Å². The number of carbonyl (C=O) groups excluding carboxylic acids is 2. The molecule has 0 radical (unpaired) electrons. The Balaban J connectivity index is 1.53. The number of alkyl halides is 3. The van der Waals surface area contributed by atoms with Crippen molar-refractivity contribution >= 4 is 17.5 Å². The minimum atomic E-state index is -4.84. The van der Waals surface area contributed by atoms with Crippen LogP contribution in [0, 0.1) is 12.8 Å². The third kappa shape index (κ3) is 5.19. The number of anilines is 1. The molecular weight excluding hydrogens is 447 g/mol. The second kappa shape index (κ2) is 9.29. The van der Waals surface area contributed by atoms with Crippen molar-refractivity contribution in [2.24, 2.45) is 5.92 Å². The first-order valence-corrected chi connectivity index (χ1v) is 11.3. The number of halogens is 3. The van der Waals surface area contributed by atoms with E-state index in [0.717, 1.165) is 42.6 Å². The average molecular weight is 476 g/mol. The Bertz CT molecular complexity index is 1090. The van der Waals surface area contributed by atoms with Gasteiger partial charge in [0.05, 0.1) is 5.92 Å². The summed E-state index contributed by atoms with van der Waals surface area (Å²) in [6.07, 6.45) is -3.19. The van der Waals surface area contributed by atoms with Crippen LogP contribution in [0.25, 0.3) is 0 Å². The summed E-state index contributed by atoms with van der Waals surface area (Å²) in [6, 6.07) is 10.8. The lowest BCUT2D eigenvalue weighted by molar-refractivity contribution is -0.274. The Labute approximate surface area is 196 Å². The van der Waals surface area contributed by atoms with Gasteiger partial charge < -0.3 is 20.3 Å². The molecule has 2 N–H and O–H groups in total. The number of likely N-dealkylation sites (tertiary alicyclic amines) is 1. The number of carbonyl (C=O) groups is 2. The van der Waals surface area contributed by atoms with Crippen LogP contribution in [-0.4, -0.2) is 48.8 Å². The molecule has 2 aromatic carbocycles. The van der Waals surface area contributed by atoms with E-state index in [4.69, 9.17) is 0 Å². The number of nitrogens with zero attached hydrogens (tertiary/aromatic N) is 1. The van der Waals surface area contributed by atoms with E-state index in [1.807, 2.05) is 24.9 Å². The molecule has 0 saturated carbocycles. The van der Waals surface area contributed by atoms with Gasteiger partial charge in [-0.05, 0) is 74.1 Å². The molecule has 4 atom stereocenters. The van der Waals surface area contributed by atoms with Gasteiger partial charge >= 0.3 is 6.36 Å². The molecule has 0 bridgehead atoms. The molecule has 9 heteroatoms. The first kappa shape index (κ1) is 24.1. The molecule has 2 aromatic rings. The summed E-state index contributed by atoms with van der Waals surface area (Å²) in [5.74, 6) is -0.940. The molecule has 182 valence electrons. The van der Waals surface area contributed by atoms with Gasteiger partial charge in [-0.15, -0.1) is 13.2 Å². The quantitative estimate of drug-likeness (QED) is 0.685. The van der Waals surface area contributed by atoms with Crippen molar-refractivity contribution in [2.75, 3.05) is 18.9 Å². The lowest BCUT2D eigenvalue weighted by Crippen LogP contribution is -2.57. The fourth-order valence-corrected chi connectivity index (χ4v) is 5.05. The van der Waals surface area contributed by atoms with E-state index >= 15 is 0 Å². The molecule has 0 aromatic heterocycles. The summed E-state index contributed by atoms with van der Waals surface area (Å²) < 4.78 is 41.4. The first-order valence-electron chi connectivity index (χ1n) is 11.3. The predicted octanol–water partition coefficient (Wildman–Crippen LogP) is 4.46. The van der Waals surface area contributed by atoms with Crippen LogP contribution in [0.15, 0.2) is 42.5 Å². The summed E-state index contributed by atoms with van der Waals surface area (Å²) in [5, 5.41) is 6.23. The highest BCUT2D eigenvalue weighted by Crippen LogP contribution is 2.39. The highest BCUT2D eigenvalue weighted by molar-refractivity contribution is 6.04. The van der Waals surface area contributed by atoms with Gasteiger partial charge in [-0.2, -0.15) is 0 Å². The molecule has 2 amide bonds. The maximum absolute atomic E-state index is 13.3. The molecule has 2 aliphatic rings. The Morgan fingerprint density at radius 2 is 1.94 bits per heavy atom. The molecule has 2 saturated heterocycles. The second-order valence-electron chi connectivity index (χ2n) is 9.21. The van der Waals surface area contributed by atoms with Crippen molar-refractivity contribution in [1.82, 2.24) is 10.2 Å². The number of rotatable bonds is 4. The second-order valence-corrected chi connectivity index (χ2v) is 9.21. The van der Waals surface area contributed by atoms with Crippen LogP contribution in [0.2, 0.25) is 0 Å². The predicted molar refractivity (Wildman–Crippen MR) is 122 cm³/mol. The zero-order chi connectivity index (χ0) is 24.6. The topological polar surface area (TPSA) is 70.7 Å². The van der Waals surface area contributed by atoms with Crippen LogP contribution < -0.4 is 15.4 Å². The van der Waals surface area contributed by atoms with Crippen molar-refractivity contribution in [1.29, 1.82) is 0 Å². The lowest BCUT2D eigenvalue weighted by Gasteiger charge is -2.47. The molecule has 0 spiro atoms. The van der Waals surface area contributed by atoms with Crippen LogP contribution >= 0.6 is 0 Å². The lowest BCUT2D eigenvalue weighted by atomic mass is 9.75. The third-order valence-electron chi connectivity index (χ3n) is 6.79. The van der Waals surface area contributed by atoms with E-state index in [1.54, 1.807) is 12.1 Å². The number of benzene rings is 2. The number of nitrogens with one attached hydrogen (secondary N) is 2. The van der Waals surface area contributed by atoms with Crippen molar-refractivity contribution in [3.05, 3.63) is 59.2 Å². The maximum atomic E-state index is 13.3. The summed E-state index contributed by atoms with van der Waals surface area (Å²) in [5.41, 5.74) is 2.30. The highest BCUT2D eigenvalue weighted by Gasteiger charge is 2.43. The van der Waals surface area contributed by atoms with E-state index in [0.29, 0.717) is 17.6 Å². The highest BCUT2D eigenvalue weighted by atomic mass is 19.4. The standard InChI is InChI=1S/C25H28F3N3O3/c1-14-7-8-18(30-23(32)16-5-4-6-19(10-16)34-25(26,27)28)12-20(14)21-11-17-13-29-15(2)9-22(17)31(3)24(21)33/h4-8,10,12,15,17,21-22,29H,9,11,13H2,1-3H3,(H,30,32). The minimum absolute atomic E-state index is 0.0302. The van der Waals surface area contributed by atoms with Gasteiger partial charge in [-0.1, -0.05) is 12.1 Å². The summed E-state index contributed by atoms with van der Waals surface area (Å²) in [4.78, 5) is 27.8. The number of hydrogen-bond donors (Lipinski definition) is 2. The average Bonchev–Trinajstić information content (AvgIpc) is 2.77. The third-order valence-corrected chi connectivity index (χ3v) is 6.79. The Hall–Kier alpha value is -3.07. The maximum Gasteiger partial charge on any atom is 0.573 e. The number of hydrogen-bond acceptors (Lipinski definition) is 4. The van der Waals surface area contributed by atoms with Crippen molar-refractivity contribution in [2.45, 2.75) is 51.1 Å². The van der Waals surface area contributed by atoms with Crippen molar-refractivity contribution < 1.29 is 27.5 Å². The summed E-state index contributed by atoms with van der Waals surface area (Å²) in [7, 11) is 1.86. The smallest absolute Gasteiger partial charge is 0.406 e. The van der Waals surface area contributed by atoms with Gasteiger partial charge in [0.25, 0.3) is 5.91 Å². The van der Waals surface area contributed by atoms with E-state index in [-0.39, 0.29) is 23.4 Å². The van der Waals surface area contributed by atoms with Crippen LogP contribution in [0.4, 0.5) is 18.9 Å². The van der Waals surface area contributed by atoms with Crippen LogP contribution in [0.1, 0.15) is 47.2 Å². The van der Waals surface area contributed by atoms with Gasteiger partial charge in [0.15, 0.2) is 0 Å². The van der Waals surface area contributed by atoms with Gasteiger partial charge in [0, 0.05) is 36.9 Å². The number of fused-ring (bicyclic) bond motifs is 1. The largest absolute Gasteiger partial charge is 0.573 e. The summed E-state index contributed by atoms with van der Waals surface area (Å²) >= 11 is 0. The number of aryl methyl sites for hydroxylation is 1. The minimum Gasteiger partial charge on any atom is -0.406 e. The zero-order valence-corrected chi connectivity index (χ0v) is 19.3. The monoisotopic (exact) mass is 475 g/mol. The Kier molecular flexibility index (Phi) is 6.58. The van der Waals surface area contributed by atoms with E-state index < -0.39 is 18.0 Å².